The number of hydrogen-bond donors (Lipinski definition) is 4. The molecule has 1 heterocycles. The van der Waals surface area contributed by atoms with Gasteiger partial charge in [-0.3, -0.25) is 14.5 Å². The van der Waals surface area contributed by atoms with Gasteiger partial charge in [0.05, 0.1) is 24.9 Å². The van der Waals surface area contributed by atoms with Crippen LogP contribution < -0.4 is 5.32 Å². The van der Waals surface area contributed by atoms with Crippen LogP contribution in [0.1, 0.15) is 86.2 Å². The summed E-state index contributed by atoms with van der Waals surface area (Å²) in [5.74, 6) is -0.930. The summed E-state index contributed by atoms with van der Waals surface area (Å²) in [5, 5.41) is 32.1. The van der Waals surface area contributed by atoms with E-state index >= 15 is 0 Å². The van der Waals surface area contributed by atoms with Crippen molar-refractivity contribution in [1.29, 1.82) is 0 Å². The lowest BCUT2D eigenvalue weighted by atomic mass is 9.98. The van der Waals surface area contributed by atoms with Gasteiger partial charge in [0, 0.05) is 43.1 Å². The third kappa shape index (κ3) is 9.70. The summed E-state index contributed by atoms with van der Waals surface area (Å²) >= 11 is 0. The number of carboxylic acids is 1. The van der Waals surface area contributed by atoms with Crippen LogP contribution >= 0.6 is 0 Å². The Balaban J connectivity index is 1.42. The maximum absolute atomic E-state index is 12.4. The minimum Gasteiger partial charge on any atom is -0.481 e. The molecule has 44 heavy (non-hydrogen) atoms. The molecule has 1 aliphatic rings. The van der Waals surface area contributed by atoms with E-state index in [2.05, 4.69) is 10.2 Å². The number of ether oxygens (including phenoxy) is 2. The van der Waals surface area contributed by atoms with Crippen molar-refractivity contribution in [2.45, 2.75) is 82.7 Å². The van der Waals surface area contributed by atoms with Gasteiger partial charge < -0.3 is 30.1 Å². The van der Waals surface area contributed by atoms with Crippen LogP contribution in [-0.4, -0.2) is 57.8 Å². The Labute approximate surface area is 259 Å². The number of unbranched alkanes of at least 4 members (excludes halogenated alkanes) is 2. The van der Waals surface area contributed by atoms with E-state index < -0.39 is 18.4 Å². The number of carbonyl (C=O) groups excluding carboxylic acids is 1. The topological polar surface area (TPSA) is 129 Å². The lowest BCUT2D eigenvalue weighted by Crippen LogP contribution is -2.43. The molecule has 1 amide bonds. The highest BCUT2D eigenvalue weighted by atomic mass is 16.7. The number of carboxylic acid groups (broad SMARTS) is 1. The van der Waals surface area contributed by atoms with Crippen molar-refractivity contribution in [1.82, 2.24) is 4.90 Å². The van der Waals surface area contributed by atoms with Crippen molar-refractivity contribution < 1.29 is 34.4 Å². The summed E-state index contributed by atoms with van der Waals surface area (Å²) < 4.78 is 12.9. The van der Waals surface area contributed by atoms with Crippen LogP contribution in [0.5, 0.6) is 0 Å². The molecule has 0 spiro atoms. The zero-order chi connectivity index (χ0) is 31.5. The Bertz CT molecular complexity index is 1320. The van der Waals surface area contributed by atoms with Crippen molar-refractivity contribution in [3.05, 3.63) is 101 Å². The highest BCUT2D eigenvalue weighted by molar-refractivity contribution is 5.90. The number of aliphatic hydroxyl groups excluding tert-OH is 2. The molecule has 1 aliphatic heterocycles. The quantitative estimate of drug-likeness (QED) is 0.162. The molecule has 3 aromatic rings. The molecule has 1 saturated heterocycles. The van der Waals surface area contributed by atoms with E-state index in [0.29, 0.717) is 44.3 Å². The monoisotopic (exact) mass is 604 g/mol. The molecule has 5 unspecified atom stereocenters. The molecule has 9 heteroatoms. The van der Waals surface area contributed by atoms with Crippen LogP contribution in [-0.2, 0) is 25.7 Å². The number of likely N-dealkylation sites (N-methyl/N-ethyl adjacent to an activating group) is 1. The minimum absolute atomic E-state index is 0.0276. The largest absolute Gasteiger partial charge is 0.481 e. The predicted molar refractivity (Wildman–Crippen MR) is 168 cm³/mol. The first-order valence-electron chi connectivity index (χ1n) is 15.3. The van der Waals surface area contributed by atoms with Gasteiger partial charge in [0.1, 0.15) is 0 Å². The number of aliphatic hydroxyl groups is 2. The van der Waals surface area contributed by atoms with Crippen LogP contribution in [0.25, 0.3) is 0 Å². The number of aliphatic carboxylic acids is 1. The summed E-state index contributed by atoms with van der Waals surface area (Å²) in [7, 11) is 1.99. The van der Waals surface area contributed by atoms with E-state index in [1.54, 1.807) is 0 Å². The first kappa shape index (κ1) is 33.3. The van der Waals surface area contributed by atoms with Gasteiger partial charge in [-0.25, -0.2) is 0 Å². The number of rotatable bonds is 15. The van der Waals surface area contributed by atoms with Crippen molar-refractivity contribution in [2.24, 2.45) is 0 Å². The number of hydrogen-bond acceptors (Lipinski definition) is 7. The van der Waals surface area contributed by atoms with Gasteiger partial charge >= 0.3 is 5.97 Å². The highest BCUT2D eigenvalue weighted by Gasteiger charge is 2.34. The molecule has 0 aromatic heterocycles. The van der Waals surface area contributed by atoms with E-state index in [0.717, 1.165) is 22.3 Å². The molecule has 0 aliphatic carbocycles. The number of benzene rings is 3. The number of amides is 1. The van der Waals surface area contributed by atoms with Gasteiger partial charge in [-0.15, -0.1) is 0 Å². The van der Waals surface area contributed by atoms with Crippen LogP contribution in [0, 0.1) is 0 Å². The van der Waals surface area contributed by atoms with E-state index in [9.17, 15) is 19.8 Å². The second kappa shape index (κ2) is 16.5. The van der Waals surface area contributed by atoms with Crippen molar-refractivity contribution in [2.75, 3.05) is 18.9 Å². The molecule has 1 fully saturated rings. The number of nitrogens with zero attached hydrogens (tertiary/aromatic N) is 1. The maximum Gasteiger partial charge on any atom is 0.303 e. The standard InChI is InChI=1S/C35H44N2O7/c1-24(34(42)27-9-5-3-6-10-27)37(2)22-30-21-31(26-15-13-25(23-38)14-16-26)44-35(43-30)28-17-19-29(20-18-28)36-32(39)11-7-4-8-12-33(40)41/h3,5-6,9-10,13-20,24,30-31,34-35,38,42H,4,7-8,11-12,21-23H2,1-2H3,(H,36,39)(H,40,41). The third-order valence-electron chi connectivity index (χ3n) is 8.16. The molecule has 0 bridgehead atoms. The lowest BCUT2D eigenvalue weighted by molar-refractivity contribution is -0.253. The van der Waals surface area contributed by atoms with Gasteiger partial charge in [-0.05, 0) is 55.6 Å². The summed E-state index contributed by atoms with van der Waals surface area (Å²) in [5.41, 5.74) is 4.17. The Kier molecular flexibility index (Phi) is 12.5. The lowest BCUT2D eigenvalue weighted by Gasteiger charge is -2.39. The first-order chi connectivity index (χ1) is 21.2. The van der Waals surface area contributed by atoms with Crippen molar-refractivity contribution >= 4 is 17.6 Å². The van der Waals surface area contributed by atoms with E-state index in [1.807, 2.05) is 92.8 Å². The van der Waals surface area contributed by atoms with Gasteiger partial charge in [-0.2, -0.15) is 0 Å². The fraction of sp³-hybridized carbons (Fsp3) is 0.429. The number of nitrogens with one attached hydrogen (secondary N) is 1. The van der Waals surface area contributed by atoms with Crippen LogP contribution in [0.15, 0.2) is 78.9 Å². The number of carbonyl (C=O) groups is 2. The molecule has 0 radical (unpaired) electrons. The normalized spacial score (nSPS) is 19.8. The fourth-order valence-corrected chi connectivity index (χ4v) is 5.38. The third-order valence-corrected chi connectivity index (χ3v) is 8.16. The smallest absolute Gasteiger partial charge is 0.303 e. The highest BCUT2D eigenvalue weighted by Crippen LogP contribution is 2.38. The zero-order valence-electron chi connectivity index (χ0n) is 25.5. The molecule has 236 valence electrons. The Morgan fingerprint density at radius 3 is 2.23 bits per heavy atom. The maximum atomic E-state index is 12.4. The molecule has 3 aromatic carbocycles. The van der Waals surface area contributed by atoms with Crippen LogP contribution in [0.4, 0.5) is 5.69 Å². The molecular formula is C35H44N2O7. The van der Waals surface area contributed by atoms with Crippen molar-refractivity contribution in [3.63, 3.8) is 0 Å². The molecule has 0 saturated carbocycles. The SMILES string of the molecule is CC(C(O)c1ccccc1)N(C)CC1CC(c2ccc(CO)cc2)OC(c2ccc(NC(=O)CCCCCC(=O)O)cc2)O1. The van der Waals surface area contributed by atoms with E-state index in [4.69, 9.17) is 14.6 Å². The summed E-state index contributed by atoms with van der Waals surface area (Å²) in [6, 6.07) is 24.6. The van der Waals surface area contributed by atoms with Gasteiger partial charge in [0.15, 0.2) is 6.29 Å². The van der Waals surface area contributed by atoms with Crippen LogP contribution in [0.3, 0.4) is 0 Å². The van der Waals surface area contributed by atoms with Gasteiger partial charge in [0.2, 0.25) is 5.91 Å². The first-order valence-corrected chi connectivity index (χ1v) is 15.3. The van der Waals surface area contributed by atoms with Gasteiger partial charge in [-0.1, -0.05) is 73.2 Å². The fourth-order valence-electron chi connectivity index (χ4n) is 5.38. The number of anilines is 1. The van der Waals surface area contributed by atoms with E-state index in [1.165, 1.54) is 0 Å². The molecule has 9 nitrogen and oxygen atoms in total. The Morgan fingerprint density at radius 1 is 0.909 bits per heavy atom. The van der Waals surface area contributed by atoms with Crippen LogP contribution in [0.2, 0.25) is 0 Å². The van der Waals surface area contributed by atoms with Gasteiger partial charge in [0.25, 0.3) is 0 Å². The van der Waals surface area contributed by atoms with Crippen molar-refractivity contribution in [3.8, 4) is 0 Å². The average Bonchev–Trinajstić information content (AvgIpc) is 3.04. The second-order valence-electron chi connectivity index (χ2n) is 11.5. The zero-order valence-corrected chi connectivity index (χ0v) is 25.5. The predicted octanol–water partition coefficient (Wildman–Crippen LogP) is 5.75. The summed E-state index contributed by atoms with van der Waals surface area (Å²) in [6.07, 6.45) is 1.25. The Hall–Kier alpha value is -3.60. The average molecular weight is 605 g/mol. The molecule has 5 atom stereocenters. The minimum atomic E-state index is -0.818. The molecule has 4 rings (SSSR count). The summed E-state index contributed by atoms with van der Waals surface area (Å²) in [4.78, 5) is 25.1. The van der Waals surface area contributed by atoms with E-state index in [-0.39, 0.29) is 37.2 Å². The molecular weight excluding hydrogens is 560 g/mol. The second-order valence-corrected chi connectivity index (χ2v) is 11.5. The molecule has 4 N–H and O–H groups in total. The summed E-state index contributed by atoms with van der Waals surface area (Å²) in [6.45, 7) is 2.56. The Morgan fingerprint density at radius 2 is 1.57 bits per heavy atom.